The first-order valence-corrected chi connectivity index (χ1v) is 9.56. The van der Waals surface area contributed by atoms with Crippen molar-refractivity contribution in [2.45, 2.75) is 32.2 Å². The maximum atomic E-state index is 9.66. The molecule has 0 bridgehead atoms. The van der Waals surface area contributed by atoms with E-state index in [1.807, 2.05) is 25.1 Å². The van der Waals surface area contributed by atoms with E-state index in [0.717, 1.165) is 35.3 Å². The highest BCUT2D eigenvalue weighted by molar-refractivity contribution is 5.85. The van der Waals surface area contributed by atoms with Gasteiger partial charge in [0, 0.05) is 19.1 Å². The van der Waals surface area contributed by atoms with Crippen LogP contribution in [0.15, 0.2) is 30.3 Å². The van der Waals surface area contributed by atoms with Crippen molar-refractivity contribution in [2.75, 3.05) is 31.1 Å². The molecule has 0 unspecified atom stereocenters. The van der Waals surface area contributed by atoms with Gasteiger partial charge >= 0.3 is 0 Å². The van der Waals surface area contributed by atoms with Crippen LogP contribution in [0, 0.1) is 18.3 Å². The maximum Gasteiger partial charge on any atom is 0.157 e. The van der Waals surface area contributed by atoms with Gasteiger partial charge in [-0.15, -0.1) is 0 Å². The number of aromatic nitrogens is 2. The number of aryl methyl sites for hydroxylation is 1. The third-order valence-corrected chi connectivity index (χ3v) is 6.01. The Morgan fingerprint density at radius 3 is 2.77 bits per heavy atom. The molecule has 5 heteroatoms. The molecule has 2 aliphatic rings. The van der Waals surface area contributed by atoms with Crippen LogP contribution in [-0.2, 0) is 0 Å². The average molecular weight is 345 g/mol. The Balaban J connectivity index is 1.65. The van der Waals surface area contributed by atoms with E-state index >= 15 is 0 Å². The van der Waals surface area contributed by atoms with Crippen molar-refractivity contribution in [3.05, 3.63) is 41.5 Å². The summed E-state index contributed by atoms with van der Waals surface area (Å²) in [6.45, 7) is 6.64. The summed E-state index contributed by atoms with van der Waals surface area (Å²) in [5.74, 6) is 1.17. The summed E-state index contributed by atoms with van der Waals surface area (Å²) in [4.78, 5) is 9.92. The minimum Gasteiger partial charge on any atom is -0.356 e. The molecule has 0 radical (unpaired) electrons. The summed E-state index contributed by atoms with van der Waals surface area (Å²) in [6, 6.07) is 13.4. The number of hydrogen-bond acceptors (Lipinski definition) is 4. The van der Waals surface area contributed by atoms with Crippen molar-refractivity contribution in [1.29, 1.82) is 5.26 Å². The normalized spacial score (nSPS) is 21.1. The van der Waals surface area contributed by atoms with Crippen LogP contribution in [0.4, 0.5) is 5.82 Å². The molecule has 4 heterocycles. The summed E-state index contributed by atoms with van der Waals surface area (Å²) in [5, 5.41) is 9.66. The van der Waals surface area contributed by atoms with Gasteiger partial charge in [0.05, 0.1) is 16.6 Å². The first-order valence-electron chi connectivity index (χ1n) is 9.56. The fourth-order valence-corrected chi connectivity index (χ4v) is 4.66. The molecule has 1 aromatic carbocycles. The molecule has 2 saturated heterocycles. The summed E-state index contributed by atoms with van der Waals surface area (Å²) < 4.78 is 2.19. The minimum atomic E-state index is 0.651. The molecular weight excluding hydrogens is 322 g/mol. The monoisotopic (exact) mass is 345 g/mol. The Labute approximate surface area is 153 Å². The largest absolute Gasteiger partial charge is 0.356 e. The van der Waals surface area contributed by atoms with Crippen LogP contribution in [0.3, 0.4) is 0 Å². The number of imidazole rings is 1. The second-order valence-corrected chi connectivity index (χ2v) is 7.56. The van der Waals surface area contributed by atoms with E-state index < -0.39 is 0 Å². The zero-order valence-corrected chi connectivity index (χ0v) is 15.1. The number of benzene rings is 1. The smallest absolute Gasteiger partial charge is 0.157 e. The summed E-state index contributed by atoms with van der Waals surface area (Å²) in [6.07, 6.45) is 3.89. The van der Waals surface area contributed by atoms with E-state index in [1.54, 1.807) is 0 Å². The Morgan fingerprint density at radius 2 is 1.96 bits per heavy atom. The van der Waals surface area contributed by atoms with Gasteiger partial charge in [0.1, 0.15) is 11.9 Å². The van der Waals surface area contributed by atoms with Gasteiger partial charge in [-0.05, 0) is 63.0 Å². The predicted molar refractivity (Wildman–Crippen MR) is 104 cm³/mol. The van der Waals surface area contributed by atoms with Crippen LogP contribution in [0.2, 0.25) is 0 Å². The third kappa shape index (κ3) is 2.29. The second-order valence-electron chi connectivity index (χ2n) is 7.56. The number of nitrogens with zero attached hydrogens (tertiary/aromatic N) is 5. The Hall–Kier alpha value is -2.58. The number of hydrogen-bond donors (Lipinski definition) is 0. The second kappa shape index (κ2) is 6.00. The molecular formula is C21H23N5. The molecule has 1 atom stereocenters. The van der Waals surface area contributed by atoms with E-state index in [0.29, 0.717) is 11.6 Å². The molecule has 5 nitrogen and oxygen atoms in total. The summed E-state index contributed by atoms with van der Waals surface area (Å²) in [5.41, 5.74) is 4.51. The SMILES string of the molecule is Cc1cc(N2CC[C@@H](N3CCCC3)C2)n2c(nc3ccccc32)c1C#N. The number of para-hydroxylation sites is 2. The van der Waals surface area contributed by atoms with Crippen molar-refractivity contribution < 1.29 is 0 Å². The van der Waals surface area contributed by atoms with Gasteiger partial charge in [0.25, 0.3) is 0 Å². The lowest BCUT2D eigenvalue weighted by atomic mass is 10.1. The molecule has 0 N–H and O–H groups in total. The standard InChI is InChI=1S/C21H23N5/c1-15-12-20(25-11-8-16(14-25)24-9-4-5-10-24)26-19-7-3-2-6-18(19)23-21(26)17(15)13-22/h2-3,6-7,12,16H,4-5,8-11,14H2,1H3/t16-/m1/s1. The first-order chi connectivity index (χ1) is 12.8. The molecule has 2 fully saturated rings. The molecule has 0 spiro atoms. The number of anilines is 1. The zero-order valence-electron chi connectivity index (χ0n) is 15.1. The molecule has 2 aliphatic heterocycles. The molecule has 2 aromatic heterocycles. The molecule has 132 valence electrons. The van der Waals surface area contributed by atoms with Gasteiger partial charge in [-0.1, -0.05) is 12.1 Å². The fourth-order valence-electron chi connectivity index (χ4n) is 4.66. The van der Waals surface area contributed by atoms with Crippen molar-refractivity contribution in [1.82, 2.24) is 14.3 Å². The average Bonchev–Trinajstić information content (AvgIpc) is 3.39. The van der Waals surface area contributed by atoms with Crippen molar-refractivity contribution >= 4 is 22.5 Å². The number of likely N-dealkylation sites (tertiary alicyclic amines) is 1. The van der Waals surface area contributed by atoms with Crippen LogP contribution >= 0.6 is 0 Å². The number of fused-ring (bicyclic) bond motifs is 3. The predicted octanol–water partition coefficient (Wildman–Crippen LogP) is 3.34. The molecule has 0 saturated carbocycles. The molecule has 3 aromatic rings. The molecule has 26 heavy (non-hydrogen) atoms. The van der Waals surface area contributed by atoms with E-state index in [2.05, 4.69) is 32.4 Å². The topological polar surface area (TPSA) is 47.6 Å². The lowest BCUT2D eigenvalue weighted by molar-refractivity contribution is 0.260. The van der Waals surface area contributed by atoms with Crippen LogP contribution in [0.1, 0.15) is 30.4 Å². The number of pyridine rings is 1. The fraction of sp³-hybridized carbons (Fsp3) is 0.429. The van der Waals surface area contributed by atoms with Crippen LogP contribution < -0.4 is 4.90 Å². The number of nitriles is 1. The van der Waals surface area contributed by atoms with Gasteiger partial charge < -0.3 is 4.90 Å². The molecule has 5 rings (SSSR count). The van der Waals surface area contributed by atoms with E-state index in [1.165, 1.54) is 38.2 Å². The van der Waals surface area contributed by atoms with Gasteiger partial charge in [0.2, 0.25) is 0 Å². The van der Waals surface area contributed by atoms with Gasteiger partial charge in [-0.2, -0.15) is 5.26 Å². The minimum absolute atomic E-state index is 0.651. The van der Waals surface area contributed by atoms with E-state index in [4.69, 9.17) is 4.98 Å². The van der Waals surface area contributed by atoms with Crippen LogP contribution in [0.25, 0.3) is 16.7 Å². The Morgan fingerprint density at radius 1 is 1.15 bits per heavy atom. The van der Waals surface area contributed by atoms with Gasteiger partial charge in [0.15, 0.2) is 5.65 Å². The Bertz CT molecular complexity index is 1020. The third-order valence-electron chi connectivity index (χ3n) is 6.01. The Kier molecular flexibility index (Phi) is 3.61. The van der Waals surface area contributed by atoms with Gasteiger partial charge in [-0.3, -0.25) is 9.30 Å². The van der Waals surface area contributed by atoms with Crippen LogP contribution in [0.5, 0.6) is 0 Å². The van der Waals surface area contributed by atoms with E-state index in [-0.39, 0.29) is 0 Å². The lowest BCUT2D eigenvalue weighted by Crippen LogP contribution is -2.35. The highest BCUT2D eigenvalue weighted by Gasteiger charge is 2.31. The highest BCUT2D eigenvalue weighted by atomic mass is 15.3. The summed E-state index contributed by atoms with van der Waals surface area (Å²) in [7, 11) is 0. The van der Waals surface area contributed by atoms with Crippen molar-refractivity contribution in [3.63, 3.8) is 0 Å². The van der Waals surface area contributed by atoms with Crippen molar-refractivity contribution in [3.8, 4) is 6.07 Å². The zero-order chi connectivity index (χ0) is 17.7. The highest BCUT2D eigenvalue weighted by Crippen LogP contribution is 2.31. The lowest BCUT2D eigenvalue weighted by Gasteiger charge is -2.25. The molecule has 0 aliphatic carbocycles. The quantitative estimate of drug-likeness (QED) is 0.715. The summed E-state index contributed by atoms with van der Waals surface area (Å²) >= 11 is 0. The number of rotatable bonds is 2. The maximum absolute atomic E-state index is 9.66. The first kappa shape index (κ1) is 15.7. The van der Waals surface area contributed by atoms with E-state index in [9.17, 15) is 5.26 Å². The van der Waals surface area contributed by atoms with Crippen molar-refractivity contribution in [2.24, 2.45) is 0 Å². The van der Waals surface area contributed by atoms with Gasteiger partial charge in [-0.25, -0.2) is 4.98 Å². The van der Waals surface area contributed by atoms with Crippen LogP contribution in [-0.4, -0.2) is 46.5 Å². The molecule has 0 amide bonds.